The summed E-state index contributed by atoms with van der Waals surface area (Å²) in [4.78, 5) is 62.2. The molecule has 0 spiro atoms. The SMILES string of the molecule is CC[C@H](C)[C@H](NC(C)=O)C(=O)N[C@H](C(=O)N[C@@H](Cc1ccccc1)C(=O)N[C@@H](C)C(N)=O)C(C)C. The van der Waals surface area contributed by atoms with E-state index in [1.54, 1.807) is 13.8 Å². The van der Waals surface area contributed by atoms with Gasteiger partial charge in [0.05, 0.1) is 0 Å². The van der Waals surface area contributed by atoms with Crippen LogP contribution in [0.4, 0.5) is 0 Å². The molecule has 0 bridgehead atoms. The van der Waals surface area contributed by atoms with Crippen molar-refractivity contribution < 1.29 is 24.0 Å². The molecule has 1 aromatic rings. The molecule has 0 saturated heterocycles. The molecule has 194 valence electrons. The smallest absolute Gasteiger partial charge is 0.243 e. The van der Waals surface area contributed by atoms with Gasteiger partial charge < -0.3 is 27.0 Å². The summed E-state index contributed by atoms with van der Waals surface area (Å²) < 4.78 is 0. The molecule has 0 aliphatic heterocycles. The fourth-order valence-corrected chi connectivity index (χ4v) is 3.40. The van der Waals surface area contributed by atoms with E-state index in [0.717, 1.165) is 5.56 Å². The first-order valence-electron chi connectivity index (χ1n) is 11.9. The second-order valence-electron chi connectivity index (χ2n) is 9.18. The summed E-state index contributed by atoms with van der Waals surface area (Å²) in [6.45, 7) is 10.1. The van der Waals surface area contributed by atoms with Crippen molar-refractivity contribution in [3.63, 3.8) is 0 Å². The first-order chi connectivity index (χ1) is 16.4. The Morgan fingerprint density at radius 3 is 1.86 bits per heavy atom. The minimum absolute atomic E-state index is 0.151. The minimum atomic E-state index is -1.01. The molecule has 35 heavy (non-hydrogen) atoms. The minimum Gasteiger partial charge on any atom is -0.368 e. The molecule has 0 saturated carbocycles. The first-order valence-corrected chi connectivity index (χ1v) is 11.9. The van der Waals surface area contributed by atoms with E-state index < -0.39 is 47.8 Å². The number of hydrogen-bond donors (Lipinski definition) is 5. The van der Waals surface area contributed by atoms with Crippen molar-refractivity contribution in [3.05, 3.63) is 35.9 Å². The maximum atomic E-state index is 13.2. The summed E-state index contributed by atoms with van der Waals surface area (Å²) >= 11 is 0. The number of benzene rings is 1. The van der Waals surface area contributed by atoms with E-state index in [1.807, 2.05) is 44.2 Å². The van der Waals surface area contributed by atoms with Gasteiger partial charge in [0.1, 0.15) is 24.2 Å². The maximum Gasteiger partial charge on any atom is 0.243 e. The standard InChI is InChI=1S/C25H39N5O5/c1-7-15(4)21(28-17(6)31)25(35)30-20(14(2)3)24(34)29-19(13-18-11-9-8-10-12-18)23(33)27-16(5)22(26)32/h8-12,14-16,19-21H,7,13H2,1-6H3,(H2,26,32)(H,27,33)(H,28,31)(H,29,34)(H,30,35)/t15-,16-,19-,20-,21-/m0/s1. The Labute approximate surface area is 207 Å². The maximum absolute atomic E-state index is 13.2. The molecule has 1 rings (SSSR count). The van der Waals surface area contributed by atoms with Crippen molar-refractivity contribution in [1.82, 2.24) is 21.3 Å². The highest BCUT2D eigenvalue weighted by atomic mass is 16.2. The van der Waals surface area contributed by atoms with E-state index in [2.05, 4.69) is 21.3 Å². The average Bonchev–Trinajstić information content (AvgIpc) is 2.79. The molecule has 0 aliphatic carbocycles. The summed E-state index contributed by atoms with van der Waals surface area (Å²) in [6.07, 6.45) is 0.818. The van der Waals surface area contributed by atoms with Gasteiger partial charge in [-0.2, -0.15) is 0 Å². The third-order valence-electron chi connectivity index (χ3n) is 5.80. The molecule has 0 heterocycles. The number of primary amides is 1. The Morgan fingerprint density at radius 1 is 0.800 bits per heavy atom. The highest BCUT2D eigenvalue weighted by molar-refractivity contribution is 5.95. The zero-order valence-electron chi connectivity index (χ0n) is 21.4. The number of amides is 5. The fourth-order valence-electron chi connectivity index (χ4n) is 3.40. The van der Waals surface area contributed by atoms with Crippen molar-refractivity contribution in [2.75, 3.05) is 0 Å². The Hall–Kier alpha value is -3.43. The Morgan fingerprint density at radius 2 is 1.37 bits per heavy atom. The zero-order chi connectivity index (χ0) is 26.7. The van der Waals surface area contributed by atoms with Gasteiger partial charge in [0.2, 0.25) is 29.5 Å². The van der Waals surface area contributed by atoms with Crippen molar-refractivity contribution in [3.8, 4) is 0 Å². The van der Waals surface area contributed by atoms with Crippen LogP contribution in [-0.2, 0) is 30.4 Å². The van der Waals surface area contributed by atoms with Crippen LogP contribution in [-0.4, -0.2) is 53.7 Å². The van der Waals surface area contributed by atoms with Crippen LogP contribution in [0.2, 0.25) is 0 Å². The summed E-state index contributed by atoms with van der Waals surface area (Å²) in [5, 5.41) is 10.6. The van der Waals surface area contributed by atoms with Crippen LogP contribution in [0, 0.1) is 11.8 Å². The summed E-state index contributed by atoms with van der Waals surface area (Å²) in [7, 11) is 0. The molecule has 0 radical (unpaired) electrons. The van der Waals surface area contributed by atoms with Crippen LogP contribution in [0.3, 0.4) is 0 Å². The number of rotatable bonds is 13. The number of nitrogens with one attached hydrogen (secondary N) is 4. The lowest BCUT2D eigenvalue weighted by Crippen LogP contribution is -2.60. The second-order valence-corrected chi connectivity index (χ2v) is 9.18. The predicted molar refractivity (Wildman–Crippen MR) is 133 cm³/mol. The molecule has 0 fully saturated rings. The van der Waals surface area contributed by atoms with Gasteiger partial charge in [-0.3, -0.25) is 24.0 Å². The van der Waals surface area contributed by atoms with Gasteiger partial charge in [-0.25, -0.2) is 0 Å². The molecule has 10 heteroatoms. The summed E-state index contributed by atoms with van der Waals surface area (Å²) in [6, 6.07) is 5.40. The quantitative estimate of drug-likeness (QED) is 0.271. The molecule has 6 N–H and O–H groups in total. The van der Waals surface area contributed by atoms with E-state index in [0.29, 0.717) is 6.42 Å². The topological polar surface area (TPSA) is 159 Å². The van der Waals surface area contributed by atoms with Gasteiger partial charge in [-0.1, -0.05) is 64.4 Å². The van der Waals surface area contributed by atoms with E-state index in [4.69, 9.17) is 5.73 Å². The third kappa shape index (κ3) is 9.76. The highest BCUT2D eigenvalue weighted by Crippen LogP contribution is 2.11. The van der Waals surface area contributed by atoms with E-state index >= 15 is 0 Å². The molecular weight excluding hydrogens is 450 g/mol. The largest absolute Gasteiger partial charge is 0.368 e. The zero-order valence-corrected chi connectivity index (χ0v) is 21.4. The van der Waals surface area contributed by atoms with Crippen LogP contribution in [0.15, 0.2) is 30.3 Å². The Bertz CT molecular complexity index is 889. The van der Waals surface area contributed by atoms with Crippen LogP contribution < -0.4 is 27.0 Å². The third-order valence-corrected chi connectivity index (χ3v) is 5.80. The molecule has 10 nitrogen and oxygen atoms in total. The fraction of sp³-hybridized carbons (Fsp3) is 0.560. The van der Waals surface area contributed by atoms with Crippen molar-refractivity contribution in [2.24, 2.45) is 17.6 Å². The molecule has 5 atom stereocenters. The van der Waals surface area contributed by atoms with Gasteiger partial charge in [0, 0.05) is 13.3 Å². The van der Waals surface area contributed by atoms with Crippen LogP contribution in [0.5, 0.6) is 0 Å². The van der Waals surface area contributed by atoms with Crippen LogP contribution >= 0.6 is 0 Å². The van der Waals surface area contributed by atoms with Crippen LogP contribution in [0.1, 0.15) is 53.5 Å². The van der Waals surface area contributed by atoms with Gasteiger partial charge >= 0.3 is 0 Å². The van der Waals surface area contributed by atoms with E-state index in [9.17, 15) is 24.0 Å². The number of carbonyl (C=O) groups is 5. The number of hydrogen-bond acceptors (Lipinski definition) is 5. The lowest BCUT2D eigenvalue weighted by molar-refractivity contribution is -0.135. The molecule has 0 aromatic heterocycles. The molecule has 1 aromatic carbocycles. The number of carbonyl (C=O) groups excluding carboxylic acids is 5. The Balaban J connectivity index is 3.10. The molecule has 0 unspecified atom stereocenters. The van der Waals surface area contributed by atoms with E-state index in [-0.39, 0.29) is 24.2 Å². The lowest BCUT2D eigenvalue weighted by atomic mass is 9.96. The first kappa shape index (κ1) is 29.6. The van der Waals surface area contributed by atoms with Gasteiger partial charge in [0.15, 0.2) is 0 Å². The summed E-state index contributed by atoms with van der Waals surface area (Å²) in [5.74, 6) is -3.11. The van der Waals surface area contributed by atoms with Crippen molar-refractivity contribution >= 4 is 29.5 Å². The second kappa shape index (κ2) is 14.1. The molecular formula is C25H39N5O5. The Kier molecular flexibility index (Phi) is 11.9. The van der Waals surface area contributed by atoms with Gasteiger partial charge in [-0.15, -0.1) is 0 Å². The van der Waals surface area contributed by atoms with Gasteiger partial charge in [0.25, 0.3) is 0 Å². The normalized spacial score (nSPS) is 15.2. The van der Waals surface area contributed by atoms with Crippen molar-refractivity contribution in [2.45, 2.75) is 78.6 Å². The van der Waals surface area contributed by atoms with Crippen LogP contribution in [0.25, 0.3) is 0 Å². The van der Waals surface area contributed by atoms with E-state index in [1.165, 1.54) is 13.8 Å². The monoisotopic (exact) mass is 489 g/mol. The van der Waals surface area contributed by atoms with Crippen molar-refractivity contribution in [1.29, 1.82) is 0 Å². The average molecular weight is 490 g/mol. The van der Waals surface area contributed by atoms with Gasteiger partial charge in [-0.05, 0) is 24.3 Å². The lowest BCUT2D eigenvalue weighted by Gasteiger charge is -2.29. The molecule has 0 aliphatic rings. The predicted octanol–water partition coefficient (Wildman–Crippen LogP) is 0.396. The number of nitrogens with two attached hydrogens (primary N) is 1. The molecule has 5 amide bonds. The highest BCUT2D eigenvalue weighted by Gasteiger charge is 2.33. The summed E-state index contributed by atoms with van der Waals surface area (Å²) in [5.41, 5.74) is 6.06.